The van der Waals surface area contributed by atoms with Crippen molar-refractivity contribution >= 4 is 16.9 Å². The molecule has 1 aliphatic heterocycles. The minimum Gasteiger partial charge on any atom is -0.478 e. The lowest BCUT2D eigenvalue weighted by Crippen LogP contribution is -1.99. The van der Waals surface area contributed by atoms with E-state index in [4.69, 9.17) is 14.6 Å². The summed E-state index contributed by atoms with van der Waals surface area (Å²) in [6.45, 7) is 0. The van der Waals surface area contributed by atoms with Crippen molar-refractivity contribution in [3.63, 3.8) is 0 Å². The van der Waals surface area contributed by atoms with Gasteiger partial charge in [-0.1, -0.05) is 0 Å². The number of benzene rings is 1. The third kappa shape index (κ3) is 1.08. The zero-order chi connectivity index (χ0) is 11.1. The van der Waals surface area contributed by atoms with Crippen molar-refractivity contribution < 1.29 is 19.4 Å². The molecule has 0 unspecified atom stereocenters. The van der Waals surface area contributed by atoms with Gasteiger partial charge in [0.2, 0.25) is 0 Å². The van der Waals surface area contributed by atoms with Crippen molar-refractivity contribution in [1.29, 1.82) is 0 Å². The first-order chi connectivity index (χ1) is 7.77. The number of aromatic amines is 1. The molecular formula is C11H7NO4. The Morgan fingerprint density at radius 3 is 2.88 bits per heavy atom. The van der Waals surface area contributed by atoms with E-state index in [1.54, 1.807) is 12.1 Å². The Kier molecular flexibility index (Phi) is 1.67. The molecule has 1 aromatic carbocycles. The van der Waals surface area contributed by atoms with Gasteiger partial charge >= 0.3 is 5.97 Å². The van der Waals surface area contributed by atoms with Crippen molar-refractivity contribution in [2.45, 2.75) is 0 Å². The molecule has 0 radical (unpaired) electrons. The van der Waals surface area contributed by atoms with Crippen LogP contribution in [0.25, 0.3) is 10.9 Å². The Morgan fingerprint density at radius 1 is 1.25 bits per heavy atom. The van der Waals surface area contributed by atoms with Crippen molar-refractivity contribution in [2.24, 2.45) is 0 Å². The van der Waals surface area contributed by atoms with Crippen LogP contribution >= 0.6 is 0 Å². The average molecular weight is 217 g/mol. The van der Waals surface area contributed by atoms with Gasteiger partial charge in [-0.25, -0.2) is 4.79 Å². The molecule has 3 rings (SSSR count). The number of carboxylic acid groups (broad SMARTS) is 1. The largest absolute Gasteiger partial charge is 0.478 e. The van der Waals surface area contributed by atoms with Crippen LogP contribution in [-0.4, -0.2) is 16.1 Å². The third-order valence-electron chi connectivity index (χ3n) is 2.43. The van der Waals surface area contributed by atoms with Crippen LogP contribution < -0.4 is 9.47 Å². The highest BCUT2D eigenvalue weighted by molar-refractivity contribution is 6.06. The molecule has 0 saturated heterocycles. The number of aromatic nitrogens is 1. The predicted molar refractivity (Wildman–Crippen MR) is 55.7 cm³/mol. The Morgan fingerprint density at radius 2 is 2.06 bits per heavy atom. The molecule has 0 fully saturated rings. The lowest BCUT2D eigenvalue weighted by Gasteiger charge is -2.13. The maximum Gasteiger partial charge on any atom is 0.338 e. The number of carbonyl (C=O) groups is 1. The fourth-order valence-corrected chi connectivity index (χ4v) is 1.75. The smallest absolute Gasteiger partial charge is 0.338 e. The summed E-state index contributed by atoms with van der Waals surface area (Å²) >= 11 is 0. The topological polar surface area (TPSA) is 71.5 Å². The van der Waals surface area contributed by atoms with E-state index in [0.717, 1.165) is 0 Å². The van der Waals surface area contributed by atoms with Gasteiger partial charge in [0.05, 0.1) is 16.5 Å². The Hall–Kier alpha value is -2.43. The SMILES string of the molecule is O=C(O)c1c[nH]c2ccc3c(c12)OC=CO3. The van der Waals surface area contributed by atoms with Gasteiger partial charge in [-0.15, -0.1) is 0 Å². The van der Waals surface area contributed by atoms with Crippen LogP contribution in [0.15, 0.2) is 30.9 Å². The van der Waals surface area contributed by atoms with E-state index in [0.29, 0.717) is 22.4 Å². The number of hydrogen-bond acceptors (Lipinski definition) is 3. The second-order valence-corrected chi connectivity index (χ2v) is 3.33. The van der Waals surface area contributed by atoms with E-state index in [9.17, 15) is 4.79 Å². The van der Waals surface area contributed by atoms with Crippen molar-refractivity contribution in [3.8, 4) is 11.5 Å². The van der Waals surface area contributed by atoms with Crippen molar-refractivity contribution in [3.05, 3.63) is 36.4 Å². The normalized spacial score (nSPS) is 13.0. The fourth-order valence-electron chi connectivity index (χ4n) is 1.75. The van der Waals surface area contributed by atoms with E-state index < -0.39 is 5.97 Å². The van der Waals surface area contributed by atoms with Gasteiger partial charge in [0.1, 0.15) is 12.5 Å². The fraction of sp³-hybridized carbons (Fsp3) is 0. The number of rotatable bonds is 1. The maximum absolute atomic E-state index is 11.0. The summed E-state index contributed by atoms with van der Waals surface area (Å²) in [6, 6.07) is 3.48. The lowest BCUT2D eigenvalue weighted by atomic mass is 10.1. The van der Waals surface area contributed by atoms with Crippen LogP contribution in [0.1, 0.15) is 10.4 Å². The van der Waals surface area contributed by atoms with Gasteiger partial charge in [0.25, 0.3) is 0 Å². The van der Waals surface area contributed by atoms with E-state index in [-0.39, 0.29) is 5.56 Å². The Balaban J connectivity index is 2.37. The van der Waals surface area contributed by atoms with E-state index in [1.165, 1.54) is 18.7 Å². The highest BCUT2D eigenvalue weighted by atomic mass is 16.5. The zero-order valence-electron chi connectivity index (χ0n) is 8.06. The van der Waals surface area contributed by atoms with Gasteiger partial charge in [-0.2, -0.15) is 0 Å². The number of ether oxygens (including phenoxy) is 2. The zero-order valence-corrected chi connectivity index (χ0v) is 8.06. The molecule has 0 amide bonds. The summed E-state index contributed by atoms with van der Waals surface area (Å²) in [5, 5.41) is 9.56. The summed E-state index contributed by atoms with van der Waals surface area (Å²) in [7, 11) is 0. The number of aromatic carboxylic acids is 1. The van der Waals surface area contributed by atoms with E-state index in [2.05, 4.69) is 4.98 Å². The van der Waals surface area contributed by atoms with Gasteiger partial charge < -0.3 is 19.6 Å². The highest BCUT2D eigenvalue weighted by Gasteiger charge is 2.19. The minimum absolute atomic E-state index is 0.172. The highest BCUT2D eigenvalue weighted by Crippen LogP contribution is 2.39. The second kappa shape index (κ2) is 3.03. The maximum atomic E-state index is 11.0. The van der Waals surface area contributed by atoms with Crippen molar-refractivity contribution in [2.75, 3.05) is 0 Å². The molecule has 5 heteroatoms. The second-order valence-electron chi connectivity index (χ2n) is 3.33. The van der Waals surface area contributed by atoms with Crippen LogP contribution in [0.2, 0.25) is 0 Å². The van der Waals surface area contributed by atoms with Gasteiger partial charge in [-0.05, 0) is 12.1 Å². The summed E-state index contributed by atoms with van der Waals surface area (Å²) < 4.78 is 10.5. The van der Waals surface area contributed by atoms with Crippen molar-refractivity contribution in [1.82, 2.24) is 4.98 Å². The van der Waals surface area contributed by atoms with Crippen LogP contribution in [0.5, 0.6) is 11.5 Å². The quantitative estimate of drug-likeness (QED) is 0.767. The standard InChI is InChI=1S/C11H7NO4/c13-11(14)6-5-12-7-1-2-8-10(9(6)7)16-4-3-15-8/h1-5,12H,(H,13,14). The number of fused-ring (bicyclic) bond motifs is 3. The summed E-state index contributed by atoms with van der Waals surface area (Å²) in [5.74, 6) is -0.0615. The Bertz CT molecular complexity index is 612. The number of nitrogens with one attached hydrogen (secondary N) is 1. The molecule has 0 spiro atoms. The number of carboxylic acids is 1. The molecule has 0 atom stereocenters. The third-order valence-corrected chi connectivity index (χ3v) is 2.43. The molecule has 5 nitrogen and oxygen atoms in total. The van der Waals surface area contributed by atoms with E-state index in [1.807, 2.05) is 0 Å². The summed E-state index contributed by atoms with van der Waals surface area (Å²) in [5.41, 5.74) is 0.876. The van der Waals surface area contributed by atoms with Crippen LogP contribution in [0.3, 0.4) is 0 Å². The minimum atomic E-state index is -1.00. The lowest BCUT2D eigenvalue weighted by molar-refractivity contribution is 0.0699. The Labute approximate surface area is 89.9 Å². The average Bonchev–Trinajstić information content (AvgIpc) is 2.73. The number of H-pyrrole nitrogens is 1. The molecule has 2 N–H and O–H groups in total. The monoisotopic (exact) mass is 217 g/mol. The first kappa shape index (κ1) is 8.84. The predicted octanol–water partition coefficient (Wildman–Crippen LogP) is 2.11. The van der Waals surface area contributed by atoms with Gasteiger partial charge in [-0.3, -0.25) is 0 Å². The molecule has 0 bridgehead atoms. The summed E-state index contributed by atoms with van der Waals surface area (Å²) in [4.78, 5) is 13.9. The molecule has 2 aromatic rings. The van der Waals surface area contributed by atoms with Crippen LogP contribution in [0.4, 0.5) is 0 Å². The molecule has 80 valence electrons. The number of hydrogen-bond donors (Lipinski definition) is 2. The van der Waals surface area contributed by atoms with Crippen LogP contribution in [0, 0.1) is 0 Å². The first-order valence-electron chi connectivity index (χ1n) is 4.63. The molecule has 1 aliphatic rings. The molecule has 16 heavy (non-hydrogen) atoms. The van der Waals surface area contributed by atoms with Gasteiger partial charge in [0, 0.05) is 6.20 Å². The van der Waals surface area contributed by atoms with Gasteiger partial charge in [0.15, 0.2) is 11.5 Å². The summed E-state index contributed by atoms with van der Waals surface area (Å²) in [6.07, 6.45) is 4.22. The molecule has 0 aliphatic carbocycles. The molecule has 0 saturated carbocycles. The van der Waals surface area contributed by atoms with Crippen LogP contribution in [-0.2, 0) is 0 Å². The molecular weight excluding hydrogens is 210 g/mol. The molecule has 2 heterocycles. The van der Waals surface area contributed by atoms with E-state index >= 15 is 0 Å². The first-order valence-corrected chi connectivity index (χ1v) is 4.63. The molecule has 1 aromatic heterocycles.